The zero-order valence-corrected chi connectivity index (χ0v) is 14.2. The van der Waals surface area contributed by atoms with Crippen molar-refractivity contribution < 1.29 is 9.15 Å². The Morgan fingerprint density at radius 1 is 1.22 bits per heavy atom. The van der Waals surface area contributed by atoms with Gasteiger partial charge in [-0.15, -0.1) is 0 Å². The fourth-order valence-corrected chi connectivity index (χ4v) is 2.70. The molecule has 0 atom stereocenters. The quantitative estimate of drug-likeness (QED) is 0.732. The van der Waals surface area contributed by atoms with Crippen LogP contribution in [0.25, 0.3) is 16.9 Å². The summed E-state index contributed by atoms with van der Waals surface area (Å²) in [6.07, 6.45) is 0. The van der Waals surface area contributed by atoms with E-state index in [2.05, 4.69) is 10.3 Å². The second kappa shape index (κ2) is 6.04. The highest BCUT2D eigenvalue weighted by molar-refractivity contribution is 5.68. The molecule has 3 aromatic rings. The van der Waals surface area contributed by atoms with E-state index in [-0.39, 0.29) is 0 Å². The Morgan fingerprint density at radius 2 is 2.00 bits per heavy atom. The highest BCUT2D eigenvalue weighted by Crippen LogP contribution is 2.28. The largest absolute Gasteiger partial charge is 0.466 e. The van der Waals surface area contributed by atoms with Gasteiger partial charge in [-0.1, -0.05) is 0 Å². The average Bonchev–Trinajstić information content (AvgIpc) is 3.05. The SMILES string of the molecule is COCCNc1c(C)c(C)nc2cc(-c3cc(C)oc3C)nn12. The predicted molar refractivity (Wildman–Crippen MR) is 90.0 cm³/mol. The fraction of sp³-hybridized carbons (Fsp3) is 0.412. The summed E-state index contributed by atoms with van der Waals surface area (Å²) in [4.78, 5) is 4.65. The summed E-state index contributed by atoms with van der Waals surface area (Å²) in [5.41, 5.74) is 4.77. The molecule has 0 amide bonds. The number of fused-ring (bicyclic) bond motifs is 1. The molecule has 0 bridgehead atoms. The lowest BCUT2D eigenvalue weighted by Gasteiger charge is -2.12. The van der Waals surface area contributed by atoms with Crippen LogP contribution in [0, 0.1) is 27.7 Å². The smallest absolute Gasteiger partial charge is 0.158 e. The first-order chi connectivity index (χ1) is 11.0. The second-order valence-electron chi connectivity index (χ2n) is 5.72. The number of methoxy groups -OCH3 is 1. The zero-order chi connectivity index (χ0) is 16.6. The van der Waals surface area contributed by atoms with Gasteiger partial charge in [0.2, 0.25) is 0 Å². The third-order valence-electron chi connectivity index (χ3n) is 4.00. The average molecular weight is 314 g/mol. The van der Waals surface area contributed by atoms with Crippen LogP contribution in [0.3, 0.4) is 0 Å². The van der Waals surface area contributed by atoms with Gasteiger partial charge >= 0.3 is 0 Å². The van der Waals surface area contributed by atoms with Gasteiger partial charge in [-0.25, -0.2) is 4.98 Å². The number of hydrogen-bond acceptors (Lipinski definition) is 5. The van der Waals surface area contributed by atoms with Crippen molar-refractivity contribution in [3.05, 3.63) is 34.9 Å². The molecule has 6 nitrogen and oxygen atoms in total. The molecule has 1 N–H and O–H groups in total. The van der Waals surface area contributed by atoms with E-state index in [4.69, 9.17) is 14.3 Å². The van der Waals surface area contributed by atoms with Crippen molar-refractivity contribution in [2.75, 3.05) is 25.6 Å². The third kappa shape index (κ3) is 2.82. The number of anilines is 1. The molecule has 0 aliphatic heterocycles. The minimum atomic E-state index is 0.635. The van der Waals surface area contributed by atoms with Crippen LogP contribution in [0.1, 0.15) is 22.8 Å². The number of furan rings is 1. The Balaban J connectivity index is 2.11. The van der Waals surface area contributed by atoms with Crippen LogP contribution < -0.4 is 5.32 Å². The summed E-state index contributed by atoms with van der Waals surface area (Å²) in [6, 6.07) is 4.00. The summed E-state index contributed by atoms with van der Waals surface area (Å²) in [5.74, 6) is 2.70. The summed E-state index contributed by atoms with van der Waals surface area (Å²) in [5, 5.41) is 8.12. The van der Waals surface area contributed by atoms with Gasteiger partial charge in [0.05, 0.1) is 12.3 Å². The van der Waals surface area contributed by atoms with Crippen LogP contribution >= 0.6 is 0 Å². The van der Waals surface area contributed by atoms with Crippen LogP contribution in [0.15, 0.2) is 16.5 Å². The first-order valence-corrected chi connectivity index (χ1v) is 7.68. The van der Waals surface area contributed by atoms with Gasteiger partial charge < -0.3 is 14.5 Å². The summed E-state index contributed by atoms with van der Waals surface area (Å²) < 4.78 is 12.6. The molecular weight excluding hydrogens is 292 g/mol. The van der Waals surface area contributed by atoms with Crippen molar-refractivity contribution in [3.63, 3.8) is 0 Å². The monoisotopic (exact) mass is 314 g/mol. The number of nitrogens with one attached hydrogen (secondary N) is 1. The molecule has 0 saturated carbocycles. The van der Waals surface area contributed by atoms with Crippen molar-refractivity contribution in [2.24, 2.45) is 0 Å². The van der Waals surface area contributed by atoms with Crippen LogP contribution in [-0.2, 0) is 4.74 Å². The molecule has 3 aromatic heterocycles. The van der Waals surface area contributed by atoms with Crippen molar-refractivity contribution in [1.29, 1.82) is 0 Å². The van der Waals surface area contributed by atoms with E-state index >= 15 is 0 Å². The predicted octanol–water partition coefficient (Wildman–Crippen LogP) is 3.28. The molecule has 0 aromatic carbocycles. The minimum absolute atomic E-state index is 0.635. The maximum Gasteiger partial charge on any atom is 0.158 e. The van der Waals surface area contributed by atoms with Crippen LogP contribution in [0.4, 0.5) is 5.82 Å². The topological polar surface area (TPSA) is 64.6 Å². The maximum absolute atomic E-state index is 5.62. The molecule has 0 aliphatic carbocycles. The molecule has 3 heterocycles. The van der Waals surface area contributed by atoms with Crippen LogP contribution in [0.2, 0.25) is 0 Å². The van der Waals surface area contributed by atoms with E-state index in [0.717, 1.165) is 52.0 Å². The lowest BCUT2D eigenvalue weighted by atomic mass is 10.2. The maximum atomic E-state index is 5.62. The molecule has 0 spiro atoms. The van der Waals surface area contributed by atoms with Crippen molar-refractivity contribution in [2.45, 2.75) is 27.7 Å². The number of nitrogens with zero attached hydrogens (tertiary/aromatic N) is 3. The molecule has 6 heteroatoms. The lowest BCUT2D eigenvalue weighted by molar-refractivity contribution is 0.210. The van der Waals surface area contributed by atoms with Crippen molar-refractivity contribution in [1.82, 2.24) is 14.6 Å². The number of aromatic nitrogens is 3. The van der Waals surface area contributed by atoms with Gasteiger partial charge in [0.25, 0.3) is 0 Å². The normalized spacial score (nSPS) is 11.3. The van der Waals surface area contributed by atoms with E-state index in [0.29, 0.717) is 6.61 Å². The number of aryl methyl sites for hydroxylation is 3. The van der Waals surface area contributed by atoms with Gasteiger partial charge in [-0.3, -0.25) is 0 Å². The zero-order valence-electron chi connectivity index (χ0n) is 14.2. The first kappa shape index (κ1) is 15.6. The Labute approximate surface area is 135 Å². The molecular formula is C17H22N4O2. The van der Waals surface area contributed by atoms with E-state index in [1.807, 2.05) is 44.3 Å². The standard InChI is InChI=1S/C17H22N4O2/c1-10-8-14(13(4)23-10)15-9-16-19-12(3)11(2)17(21(16)20-15)18-6-7-22-5/h8-9,18H,6-7H2,1-5H3. The number of ether oxygens (including phenoxy) is 1. The van der Waals surface area contributed by atoms with Crippen molar-refractivity contribution in [3.8, 4) is 11.3 Å². The summed E-state index contributed by atoms with van der Waals surface area (Å²) >= 11 is 0. The van der Waals surface area contributed by atoms with Crippen LogP contribution in [0.5, 0.6) is 0 Å². The Kier molecular flexibility index (Phi) is 4.09. The van der Waals surface area contributed by atoms with Gasteiger partial charge in [0.15, 0.2) is 5.65 Å². The first-order valence-electron chi connectivity index (χ1n) is 7.68. The molecule has 0 unspecified atom stereocenters. The van der Waals surface area contributed by atoms with E-state index < -0.39 is 0 Å². The second-order valence-corrected chi connectivity index (χ2v) is 5.72. The van der Waals surface area contributed by atoms with Gasteiger partial charge in [-0.2, -0.15) is 9.61 Å². The van der Waals surface area contributed by atoms with Crippen LogP contribution in [-0.4, -0.2) is 34.9 Å². The van der Waals surface area contributed by atoms with Gasteiger partial charge in [0, 0.05) is 36.5 Å². The fourth-order valence-electron chi connectivity index (χ4n) is 2.70. The number of hydrogen-bond donors (Lipinski definition) is 1. The van der Waals surface area contributed by atoms with E-state index in [1.165, 1.54) is 0 Å². The Morgan fingerprint density at radius 3 is 2.65 bits per heavy atom. The third-order valence-corrected chi connectivity index (χ3v) is 4.00. The molecule has 122 valence electrons. The van der Waals surface area contributed by atoms with E-state index in [9.17, 15) is 0 Å². The molecule has 0 fully saturated rings. The van der Waals surface area contributed by atoms with Crippen molar-refractivity contribution >= 4 is 11.5 Å². The van der Waals surface area contributed by atoms with Gasteiger partial charge in [0.1, 0.15) is 17.3 Å². The molecule has 0 saturated heterocycles. The highest BCUT2D eigenvalue weighted by Gasteiger charge is 2.16. The van der Waals surface area contributed by atoms with E-state index in [1.54, 1.807) is 7.11 Å². The molecule has 0 radical (unpaired) electrons. The lowest BCUT2D eigenvalue weighted by Crippen LogP contribution is -2.13. The molecule has 3 rings (SSSR count). The summed E-state index contributed by atoms with van der Waals surface area (Å²) in [6.45, 7) is 9.30. The Hall–Kier alpha value is -2.34. The molecule has 0 aliphatic rings. The molecule has 23 heavy (non-hydrogen) atoms. The Bertz CT molecular complexity index is 848. The summed E-state index contributed by atoms with van der Waals surface area (Å²) in [7, 11) is 1.69. The highest BCUT2D eigenvalue weighted by atomic mass is 16.5. The minimum Gasteiger partial charge on any atom is -0.466 e. The van der Waals surface area contributed by atoms with Gasteiger partial charge in [-0.05, 0) is 33.8 Å². The number of rotatable bonds is 5.